The van der Waals surface area contributed by atoms with E-state index in [2.05, 4.69) is 0 Å². The maximum absolute atomic E-state index is 8.80. The average Bonchev–Trinajstić information content (AvgIpc) is 1.65. The van der Waals surface area contributed by atoms with Gasteiger partial charge in [0.1, 0.15) is 0 Å². The summed E-state index contributed by atoms with van der Waals surface area (Å²) in [6, 6.07) is 0. The van der Waals surface area contributed by atoms with Crippen LogP contribution in [-0.4, -0.2) is 17.1 Å². The molecule has 1 nitrogen and oxygen atoms in total. The van der Waals surface area contributed by atoms with Gasteiger partial charge in [-0.05, 0) is 5.92 Å². The molecular weight excluding hydrogens is 112 g/mol. The molecule has 0 saturated heterocycles. The molecule has 0 radical (unpaired) electrons. The van der Waals surface area contributed by atoms with Gasteiger partial charge in [-0.2, -0.15) is 0 Å². The maximum atomic E-state index is 8.80. The van der Waals surface area contributed by atoms with Crippen LogP contribution in [0.3, 0.4) is 0 Å². The molecule has 0 spiro atoms. The summed E-state index contributed by atoms with van der Waals surface area (Å²) in [6.07, 6.45) is -0.332. The molecule has 1 atom stereocenters. The smallest absolute Gasteiger partial charge is 0.0698 e. The van der Waals surface area contributed by atoms with Crippen molar-refractivity contribution in [3.63, 3.8) is 0 Å². The van der Waals surface area contributed by atoms with Crippen LogP contribution in [0.1, 0.15) is 13.8 Å². The van der Waals surface area contributed by atoms with E-state index in [1.54, 1.807) is 0 Å². The van der Waals surface area contributed by atoms with Crippen molar-refractivity contribution in [2.45, 2.75) is 20.0 Å². The topological polar surface area (TPSA) is 20.2 Å². The number of aliphatic hydroxyl groups is 1. The number of hydrogen-bond donors (Lipinski definition) is 1. The Hall–Kier alpha value is 0.250. The summed E-state index contributed by atoms with van der Waals surface area (Å²) < 4.78 is 0. The van der Waals surface area contributed by atoms with E-state index >= 15 is 0 Å². The van der Waals surface area contributed by atoms with Crippen LogP contribution in [0.4, 0.5) is 0 Å². The van der Waals surface area contributed by atoms with E-state index in [0.29, 0.717) is 5.88 Å². The van der Waals surface area contributed by atoms with Crippen LogP contribution < -0.4 is 0 Å². The zero-order chi connectivity index (χ0) is 5.86. The summed E-state index contributed by atoms with van der Waals surface area (Å²) in [5, 5.41) is 8.80. The van der Waals surface area contributed by atoms with Gasteiger partial charge in [0, 0.05) is 5.88 Å². The van der Waals surface area contributed by atoms with Crippen molar-refractivity contribution in [2.75, 3.05) is 5.88 Å². The molecule has 7 heavy (non-hydrogen) atoms. The predicted octanol–water partition coefficient (Wildman–Crippen LogP) is 1.24. The highest BCUT2D eigenvalue weighted by Gasteiger charge is 2.04. The highest BCUT2D eigenvalue weighted by molar-refractivity contribution is 6.18. The third-order valence-electron chi connectivity index (χ3n) is 0.928. The molecule has 0 aliphatic heterocycles. The van der Waals surface area contributed by atoms with Crippen LogP contribution in [-0.2, 0) is 0 Å². The van der Waals surface area contributed by atoms with Crippen molar-refractivity contribution in [2.24, 2.45) is 5.92 Å². The Bertz CT molecular complexity index is 45.3. The summed E-state index contributed by atoms with van der Waals surface area (Å²) in [4.78, 5) is 0. The fourth-order valence-electron chi connectivity index (χ4n) is 0.178. The largest absolute Gasteiger partial charge is 0.392 e. The Morgan fingerprint density at radius 1 is 1.57 bits per heavy atom. The van der Waals surface area contributed by atoms with E-state index in [0.717, 1.165) is 0 Å². The lowest BCUT2D eigenvalue weighted by Crippen LogP contribution is -2.15. The minimum atomic E-state index is -0.332. The number of rotatable bonds is 2. The average molecular weight is 123 g/mol. The van der Waals surface area contributed by atoms with Gasteiger partial charge < -0.3 is 5.11 Å². The Morgan fingerprint density at radius 2 is 2.00 bits per heavy atom. The highest BCUT2D eigenvalue weighted by atomic mass is 35.5. The number of halogens is 1. The fourth-order valence-corrected chi connectivity index (χ4v) is 0.535. The minimum absolute atomic E-state index is 0.289. The van der Waals surface area contributed by atoms with Crippen molar-refractivity contribution in [1.82, 2.24) is 0 Å². The van der Waals surface area contributed by atoms with Crippen molar-refractivity contribution in [1.29, 1.82) is 0 Å². The third-order valence-corrected chi connectivity index (χ3v) is 1.24. The van der Waals surface area contributed by atoms with Crippen molar-refractivity contribution in [3.05, 3.63) is 0 Å². The lowest BCUT2D eigenvalue weighted by Gasteiger charge is -2.08. The zero-order valence-corrected chi connectivity index (χ0v) is 5.44. The van der Waals surface area contributed by atoms with Gasteiger partial charge in [-0.1, -0.05) is 13.8 Å². The quantitative estimate of drug-likeness (QED) is 0.547. The first-order chi connectivity index (χ1) is 3.18. The monoisotopic (exact) mass is 122 g/mol. The molecule has 44 valence electrons. The number of aliphatic hydroxyl groups excluding tert-OH is 1. The lowest BCUT2D eigenvalue weighted by molar-refractivity contribution is 0.148. The first kappa shape index (κ1) is 7.25. The summed E-state index contributed by atoms with van der Waals surface area (Å²) in [5.41, 5.74) is 0. The van der Waals surface area contributed by atoms with Crippen LogP contribution in [0.5, 0.6) is 0 Å². The lowest BCUT2D eigenvalue weighted by atomic mass is 10.1. The molecular formula is C5H11ClO. The van der Waals surface area contributed by atoms with Gasteiger partial charge in [0.25, 0.3) is 0 Å². The molecule has 0 amide bonds. The highest BCUT2D eigenvalue weighted by Crippen LogP contribution is 2.01. The maximum Gasteiger partial charge on any atom is 0.0698 e. The van der Waals surface area contributed by atoms with E-state index in [1.807, 2.05) is 13.8 Å². The molecule has 0 fully saturated rings. The molecule has 0 aromatic heterocycles. The van der Waals surface area contributed by atoms with Gasteiger partial charge in [0.15, 0.2) is 0 Å². The molecule has 2 heteroatoms. The van der Waals surface area contributed by atoms with Crippen LogP contribution in [0, 0.1) is 5.92 Å². The standard InChI is InChI=1S/C5H11ClO/c1-4(2)5(7)3-6/h4-5,7H,3H2,1-2H3/t5-/m0/s1. The van der Waals surface area contributed by atoms with E-state index in [9.17, 15) is 0 Å². The Kier molecular flexibility index (Phi) is 3.39. The SMILES string of the molecule is CC(C)[C@@H](O)CCl. The van der Waals surface area contributed by atoms with Crippen LogP contribution in [0.25, 0.3) is 0 Å². The molecule has 1 N–H and O–H groups in total. The summed E-state index contributed by atoms with van der Waals surface area (Å²) in [6.45, 7) is 3.88. The summed E-state index contributed by atoms with van der Waals surface area (Å²) in [7, 11) is 0. The zero-order valence-electron chi connectivity index (χ0n) is 4.69. The molecule has 0 heterocycles. The molecule has 0 aromatic carbocycles. The van der Waals surface area contributed by atoms with Crippen molar-refractivity contribution < 1.29 is 5.11 Å². The number of hydrogen-bond acceptors (Lipinski definition) is 1. The first-order valence-corrected chi connectivity index (χ1v) is 2.96. The van der Waals surface area contributed by atoms with Crippen molar-refractivity contribution in [3.8, 4) is 0 Å². The van der Waals surface area contributed by atoms with Gasteiger partial charge in [-0.3, -0.25) is 0 Å². The van der Waals surface area contributed by atoms with Gasteiger partial charge >= 0.3 is 0 Å². The molecule has 0 bridgehead atoms. The second kappa shape index (κ2) is 3.28. The van der Waals surface area contributed by atoms with E-state index in [-0.39, 0.29) is 12.0 Å². The fraction of sp³-hybridized carbons (Fsp3) is 1.00. The van der Waals surface area contributed by atoms with Crippen molar-refractivity contribution >= 4 is 11.6 Å². The molecule has 0 aliphatic rings. The second-order valence-electron chi connectivity index (χ2n) is 1.97. The van der Waals surface area contributed by atoms with Gasteiger partial charge in [0.2, 0.25) is 0 Å². The summed E-state index contributed by atoms with van der Waals surface area (Å²) >= 11 is 5.30. The Labute approximate surface area is 49.3 Å². The first-order valence-electron chi connectivity index (χ1n) is 2.42. The Morgan fingerprint density at radius 3 is 2.00 bits per heavy atom. The van der Waals surface area contributed by atoms with E-state index in [1.165, 1.54) is 0 Å². The number of alkyl halides is 1. The van der Waals surface area contributed by atoms with Crippen LogP contribution >= 0.6 is 11.6 Å². The normalized spacial score (nSPS) is 15.0. The second-order valence-corrected chi connectivity index (χ2v) is 2.27. The van der Waals surface area contributed by atoms with Gasteiger partial charge in [-0.25, -0.2) is 0 Å². The molecule has 0 saturated carbocycles. The molecule has 0 unspecified atom stereocenters. The van der Waals surface area contributed by atoms with Gasteiger partial charge in [-0.15, -0.1) is 11.6 Å². The molecule has 0 aromatic rings. The van der Waals surface area contributed by atoms with E-state index in [4.69, 9.17) is 16.7 Å². The van der Waals surface area contributed by atoms with Gasteiger partial charge in [0.05, 0.1) is 6.10 Å². The molecule has 0 aliphatic carbocycles. The third kappa shape index (κ3) is 2.89. The summed E-state index contributed by atoms with van der Waals surface area (Å²) in [5.74, 6) is 0.634. The molecule has 0 rings (SSSR count). The van der Waals surface area contributed by atoms with Crippen LogP contribution in [0.15, 0.2) is 0 Å². The van der Waals surface area contributed by atoms with E-state index < -0.39 is 0 Å². The predicted molar refractivity (Wildman–Crippen MR) is 31.6 cm³/mol. The Balaban J connectivity index is 3.14. The van der Waals surface area contributed by atoms with Crippen LogP contribution in [0.2, 0.25) is 0 Å². The minimum Gasteiger partial charge on any atom is -0.392 e.